The molecular weight excluding hydrogens is 416 g/mol. The maximum atomic E-state index is 9.58. The van der Waals surface area contributed by atoms with Crippen molar-refractivity contribution in [2.24, 2.45) is 15.2 Å². The molecule has 2 heterocycles. The molecule has 4 aromatic rings. The van der Waals surface area contributed by atoms with E-state index in [9.17, 15) is 5.26 Å². The fraction of sp³-hybridized carbons (Fsp3) is 0.154. The molecule has 1 aliphatic rings. The fourth-order valence-corrected chi connectivity index (χ4v) is 4.94. The Morgan fingerprint density at radius 3 is 2.41 bits per heavy atom. The molecular formula is C26H20N4OS. The molecule has 0 amide bonds. The quantitative estimate of drug-likeness (QED) is 0.235. The molecule has 156 valence electrons. The number of furan rings is 1. The summed E-state index contributed by atoms with van der Waals surface area (Å²) in [5, 5.41) is 18.9. The Bertz CT molecular complexity index is 1320. The van der Waals surface area contributed by atoms with Gasteiger partial charge in [-0.3, -0.25) is 0 Å². The van der Waals surface area contributed by atoms with E-state index in [1.165, 1.54) is 16.9 Å². The first-order valence-corrected chi connectivity index (χ1v) is 11.4. The van der Waals surface area contributed by atoms with Gasteiger partial charge in [-0.2, -0.15) is 15.5 Å². The average molecular weight is 437 g/mol. The average Bonchev–Trinajstić information content (AvgIpc) is 3.46. The number of fused-ring (bicyclic) bond motifs is 1. The van der Waals surface area contributed by atoms with E-state index in [0.717, 1.165) is 52.5 Å². The molecule has 0 N–H and O–H groups in total. The Balaban J connectivity index is 1.30. The number of hydrogen-bond acceptors (Lipinski definition) is 6. The van der Waals surface area contributed by atoms with Crippen LogP contribution < -0.4 is 0 Å². The molecule has 32 heavy (non-hydrogen) atoms. The van der Waals surface area contributed by atoms with E-state index < -0.39 is 0 Å². The van der Waals surface area contributed by atoms with Crippen LogP contribution in [0, 0.1) is 11.3 Å². The van der Waals surface area contributed by atoms with Crippen LogP contribution >= 0.6 is 11.3 Å². The van der Waals surface area contributed by atoms with Crippen LogP contribution in [0.1, 0.15) is 34.6 Å². The molecule has 0 bridgehead atoms. The zero-order chi connectivity index (χ0) is 21.8. The molecule has 2 aromatic carbocycles. The summed E-state index contributed by atoms with van der Waals surface area (Å²) in [6.45, 7) is 0. The molecule has 0 atom stereocenters. The van der Waals surface area contributed by atoms with Gasteiger partial charge in [0.1, 0.15) is 22.6 Å². The summed E-state index contributed by atoms with van der Waals surface area (Å²) >= 11 is 1.63. The number of aliphatic imine (C=N–C) groups is 1. The van der Waals surface area contributed by atoms with Crippen LogP contribution in [0.3, 0.4) is 0 Å². The largest absolute Gasteiger partial charge is 0.455 e. The van der Waals surface area contributed by atoms with Gasteiger partial charge in [-0.1, -0.05) is 18.2 Å². The van der Waals surface area contributed by atoms with Gasteiger partial charge in [0.25, 0.3) is 0 Å². The van der Waals surface area contributed by atoms with Crippen molar-refractivity contribution in [2.45, 2.75) is 25.7 Å². The maximum Gasteiger partial charge on any atom is 0.145 e. The minimum atomic E-state index is 0.656. The van der Waals surface area contributed by atoms with Gasteiger partial charge in [-0.15, -0.1) is 11.3 Å². The smallest absolute Gasteiger partial charge is 0.145 e. The van der Waals surface area contributed by atoms with Crippen LogP contribution in [0.25, 0.3) is 11.3 Å². The second-order valence-corrected chi connectivity index (χ2v) is 8.63. The number of rotatable bonds is 5. The Morgan fingerprint density at radius 1 is 0.875 bits per heavy atom. The molecule has 6 heteroatoms. The molecule has 5 rings (SSSR count). The summed E-state index contributed by atoms with van der Waals surface area (Å²) < 4.78 is 5.95. The van der Waals surface area contributed by atoms with Gasteiger partial charge in [0.05, 0.1) is 23.2 Å². The highest BCUT2D eigenvalue weighted by Gasteiger charge is 2.20. The lowest BCUT2D eigenvalue weighted by molar-refractivity contribution is 0.575. The summed E-state index contributed by atoms with van der Waals surface area (Å²) in [6, 6.07) is 23.5. The third-order valence-electron chi connectivity index (χ3n) is 5.39. The molecule has 0 fully saturated rings. The van der Waals surface area contributed by atoms with Crippen LogP contribution in [0.4, 0.5) is 16.4 Å². The first-order chi connectivity index (χ1) is 15.8. The Morgan fingerprint density at radius 2 is 1.62 bits per heavy atom. The van der Waals surface area contributed by atoms with E-state index in [1.807, 2.05) is 66.7 Å². The number of thiophene rings is 1. The normalized spacial score (nSPS) is 13.5. The van der Waals surface area contributed by atoms with Crippen molar-refractivity contribution in [2.75, 3.05) is 0 Å². The lowest BCUT2D eigenvalue weighted by Gasteiger charge is -2.09. The number of aryl methyl sites for hydroxylation is 1. The van der Waals surface area contributed by atoms with Crippen LogP contribution in [-0.2, 0) is 12.8 Å². The molecule has 0 aliphatic heterocycles. The van der Waals surface area contributed by atoms with Gasteiger partial charge in [0.15, 0.2) is 0 Å². The summed E-state index contributed by atoms with van der Waals surface area (Å²) in [4.78, 5) is 5.89. The molecule has 1 aliphatic carbocycles. The van der Waals surface area contributed by atoms with Gasteiger partial charge in [-0.25, -0.2) is 4.99 Å². The van der Waals surface area contributed by atoms with Crippen LogP contribution in [0.5, 0.6) is 0 Å². The van der Waals surface area contributed by atoms with E-state index in [-0.39, 0.29) is 0 Å². The van der Waals surface area contributed by atoms with Gasteiger partial charge >= 0.3 is 0 Å². The van der Waals surface area contributed by atoms with Crippen molar-refractivity contribution in [1.29, 1.82) is 5.26 Å². The summed E-state index contributed by atoms with van der Waals surface area (Å²) in [5.41, 5.74) is 4.47. The second kappa shape index (κ2) is 9.13. The van der Waals surface area contributed by atoms with Gasteiger partial charge in [0.2, 0.25) is 0 Å². The minimum Gasteiger partial charge on any atom is -0.455 e. The molecule has 0 saturated heterocycles. The fourth-order valence-electron chi connectivity index (χ4n) is 3.76. The zero-order valence-electron chi connectivity index (χ0n) is 17.4. The lowest BCUT2D eigenvalue weighted by Crippen LogP contribution is -1.99. The van der Waals surface area contributed by atoms with E-state index in [0.29, 0.717) is 5.76 Å². The van der Waals surface area contributed by atoms with Crippen molar-refractivity contribution < 1.29 is 4.42 Å². The van der Waals surface area contributed by atoms with Crippen LogP contribution in [0.15, 0.2) is 86.4 Å². The van der Waals surface area contributed by atoms with Gasteiger partial charge < -0.3 is 4.42 Å². The second-order valence-electron chi connectivity index (χ2n) is 7.55. The number of azo groups is 1. The molecule has 0 saturated carbocycles. The SMILES string of the molecule is N#Cc1c(/N=C/c2ccc(-c3ccc(N=Nc4ccccc4)cc3)o2)sc2c1CCCC2. The Kier molecular flexibility index (Phi) is 5.73. The highest BCUT2D eigenvalue weighted by molar-refractivity contribution is 7.16. The van der Waals surface area contributed by atoms with Gasteiger partial charge in [-0.05, 0) is 79.8 Å². The Hall–Kier alpha value is -3.82. The highest BCUT2D eigenvalue weighted by Crippen LogP contribution is 2.39. The standard InChI is InChI=1S/C26H20N4OS/c27-16-23-22-8-4-5-9-25(22)32-26(23)28-17-21-14-15-24(31-21)18-10-12-20(13-11-18)30-29-19-6-2-1-3-7-19/h1-3,6-7,10-15,17H,4-5,8-9H2/b28-17+,30-29?. The summed E-state index contributed by atoms with van der Waals surface area (Å²) in [5.74, 6) is 1.41. The molecule has 0 spiro atoms. The monoisotopic (exact) mass is 436 g/mol. The van der Waals surface area contributed by atoms with Crippen molar-refractivity contribution in [3.63, 3.8) is 0 Å². The van der Waals surface area contributed by atoms with Gasteiger partial charge in [0, 0.05) is 10.4 Å². The third-order valence-corrected chi connectivity index (χ3v) is 6.59. The summed E-state index contributed by atoms with van der Waals surface area (Å²) in [6.07, 6.45) is 6.07. The van der Waals surface area contributed by atoms with Crippen LogP contribution in [0.2, 0.25) is 0 Å². The first-order valence-electron chi connectivity index (χ1n) is 10.6. The van der Waals surface area contributed by atoms with Crippen molar-refractivity contribution in [3.05, 3.63) is 88.5 Å². The number of nitrogens with zero attached hydrogens (tertiary/aromatic N) is 4. The Labute approximate surface area is 190 Å². The van der Waals surface area contributed by atoms with E-state index in [4.69, 9.17) is 4.42 Å². The number of hydrogen-bond donors (Lipinski definition) is 0. The number of nitriles is 1. The maximum absolute atomic E-state index is 9.58. The van der Waals surface area contributed by atoms with Crippen LogP contribution in [-0.4, -0.2) is 6.21 Å². The van der Waals surface area contributed by atoms with E-state index in [1.54, 1.807) is 17.6 Å². The predicted octanol–water partition coefficient (Wildman–Crippen LogP) is 7.92. The van der Waals surface area contributed by atoms with Crippen molar-refractivity contribution in [3.8, 4) is 17.4 Å². The summed E-state index contributed by atoms with van der Waals surface area (Å²) in [7, 11) is 0. The highest BCUT2D eigenvalue weighted by atomic mass is 32.1. The zero-order valence-corrected chi connectivity index (χ0v) is 18.2. The molecule has 5 nitrogen and oxygen atoms in total. The topological polar surface area (TPSA) is 74.0 Å². The van der Waals surface area contributed by atoms with E-state index in [2.05, 4.69) is 21.3 Å². The minimum absolute atomic E-state index is 0.656. The molecule has 0 radical (unpaired) electrons. The van der Waals surface area contributed by atoms with Crippen molar-refractivity contribution in [1.82, 2.24) is 0 Å². The predicted molar refractivity (Wildman–Crippen MR) is 128 cm³/mol. The lowest BCUT2D eigenvalue weighted by atomic mass is 9.96. The van der Waals surface area contributed by atoms with E-state index >= 15 is 0 Å². The number of benzene rings is 2. The third kappa shape index (κ3) is 4.29. The molecule has 2 aromatic heterocycles. The first kappa shape index (κ1) is 20.1. The molecule has 0 unspecified atom stereocenters. The van der Waals surface area contributed by atoms with Crippen molar-refractivity contribution >= 4 is 33.9 Å².